The Balaban J connectivity index is 2.29. The second kappa shape index (κ2) is 10.7. The second-order valence-electron chi connectivity index (χ2n) is 6.02. The van der Waals surface area contributed by atoms with Gasteiger partial charge in [0.25, 0.3) is 0 Å². The molecule has 2 rings (SSSR count). The number of aliphatic hydroxyl groups excluding tert-OH is 1. The van der Waals surface area contributed by atoms with Crippen molar-refractivity contribution in [2.75, 3.05) is 45.9 Å². The lowest BCUT2D eigenvalue weighted by molar-refractivity contribution is -0.138. The van der Waals surface area contributed by atoms with Crippen LogP contribution in [0.1, 0.15) is 12.5 Å². The van der Waals surface area contributed by atoms with E-state index in [0.717, 1.165) is 37.4 Å². The second-order valence-corrected chi connectivity index (χ2v) is 6.46. The molecule has 0 atom stereocenters. The van der Waals surface area contributed by atoms with Crippen LogP contribution >= 0.6 is 11.6 Å². The predicted octanol–water partition coefficient (Wildman–Crippen LogP) is 2.30. The number of carbonyl (C=O) groups excluding carboxylic acids is 1. The molecule has 7 heteroatoms. The number of aliphatic hydroxyl groups is 1. The van der Waals surface area contributed by atoms with E-state index in [-0.39, 0.29) is 18.8 Å². The molecule has 1 fully saturated rings. The summed E-state index contributed by atoms with van der Waals surface area (Å²) in [6.07, 6.45) is 3.28. The molecule has 0 aromatic heterocycles. The molecular formula is C20H24ClN3O3. The Labute approximate surface area is 164 Å². The van der Waals surface area contributed by atoms with E-state index in [1.54, 1.807) is 13.0 Å². The summed E-state index contributed by atoms with van der Waals surface area (Å²) in [5, 5.41) is 19.0. The Bertz CT molecular complexity index is 730. The Morgan fingerprint density at radius 3 is 2.48 bits per heavy atom. The van der Waals surface area contributed by atoms with Crippen molar-refractivity contribution in [2.45, 2.75) is 6.92 Å². The molecule has 0 aliphatic carbocycles. The third-order valence-corrected chi connectivity index (χ3v) is 4.54. The van der Waals surface area contributed by atoms with Gasteiger partial charge in [0.1, 0.15) is 11.6 Å². The summed E-state index contributed by atoms with van der Waals surface area (Å²) in [6, 6.07) is 9.35. The molecule has 0 bridgehead atoms. The number of nitriles is 1. The highest BCUT2D eigenvalue weighted by Gasteiger charge is 2.19. The van der Waals surface area contributed by atoms with Gasteiger partial charge >= 0.3 is 5.97 Å². The summed E-state index contributed by atoms with van der Waals surface area (Å²) in [7, 11) is 0. The number of ether oxygens (including phenoxy) is 1. The maximum absolute atomic E-state index is 11.9. The third kappa shape index (κ3) is 6.10. The average molecular weight is 390 g/mol. The van der Waals surface area contributed by atoms with Crippen molar-refractivity contribution in [3.63, 3.8) is 0 Å². The van der Waals surface area contributed by atoms with Crippen LogP contribution in [0.25, 0.3) is 5.70 Å². The van der Waals surface area contributed by atoms with Crippen molar-refractivity contribution >= 4 is 23.3 Å². The Morgan fingerprint density at radius 2 is 1.93 bits per heavy atom. The van der Waals surface area contributed by atoms with Gasteiger partial charge in [-0.05, 0) is 36.8 Å². The Morgan fingerprint density at radius 1 is 1.26 bits per heavy atom. The molecule has 1 N–H and O–H groups in total. The van der Waals surface area contributed by atoms with Crippen molar-refractivity contribution in [2.24, 2.45) is 0 Å². The summed E-state index contributed by atoms with van der Waals surface area (Å²) in [5.74, 6) is -0.625. The molecule has 27 heavy (non-hydrogen) atoms. The van der Waals surface area contributed by atoms with Crippen LogP contribution in [-0.2, 0) is 9.53 Å². The van der Waals surface area contributed by atoms with Crippen molar-refractivity contribution in [3.8, 4) is 6.07 Å². The van der Waals surface area contributed by atoms with Crippen molar-refractivity contribution < 1.29 is 14.6 Å². The molecule has 0 spiro atoms. The summed E-state index contributed by atoms with van der Waals surface area (Å²) < 4.78 is 4.91. The fourth-order valence-electron chi connectivity index (χ4n) is 2.88. The van der Waals surface area contributed by atoms with E-state index in [1.807, 2.05) is 30.3 Å². The number of rotatable bonds is 7. The number of allylic oxidation sites excluding steroid dienone is 2. The molecule has 0 saturated carbocycles. The zero-order chi connectivity index (χ0) is 19.6. The zero-order valence-electron chi connectivity index (χ0n) is 15.4. The van der Waals surface area contributed by atoms with Crippen LogP contribution < -0.4 is 0 Å². The van der Waals surface area contributed by atoms with Gasteiger partial charge in [-0.15, -0.1) is 0 Å². The molecule has 0 amide bonds. The lowest BCUT2D eigenvalue weighted by Crippen LogP contribution is -2.46. The van der Waals surface area contributed by atoms with Crippen LogP contribution in [0.4, 0.5) is 0 Å². The van der Waals surface area contributed by atoms with Crippen LogP contribution in [0.5, 0.6) is 0 Å². The summed E-state index contributed by atoms with van der Waals surface area (Å²) in [4.78, 5) is 16.3. The number of piperazine rings is 1. The first-order chi connectivity index (χ1) is 13.1. The summed E-state index contributed by atoms with van der Waals surface area (Å²) >= 11 is 6.00. The molecule has 0 unspecified atom stereocenters. The fraction of sp³-hybridized carbons (Fsp3) is 0.400. The fourth-order valence-corrected chi connectivity index (χ4v) is 3.01. The molecule has 144 valence electrons. The van der Waals surface area contributed by atoms with Gasteiger partial charge < -0.3 is 14.7 Å². The largest absolute Gasteiger partial charge is 0.462 e. The molecule has 1 aromatic carbocycles. The predicted molar refractivity (Wildman–Crippen MR) is 105 cm³/mol. The van der Waals surface area contributed by atoms with E-state index >= 15 is 0 Å². The third-order valence-electron chi connectivity index (χ3n) is 4.29. The van der Waals surface area contributed by atoms with Gasteiger partial charge in [-0.2, -0.15) is 5.26 Å². The molecule has 1 aromatic rings. The van der Waals surface area contributed by atoms with Crippen LogP contribution in [0, 0.1) is 11.3 Å². The quantitative estimate of drug-likeness (QED) is 0.334. The highest BCUT2D eigenvalue weighted by Crippen LogP contribution is 2.23. The highest BCUT2D eigenvalue weighted by atomic mass is 35.5. The Hall–Kier alpha value is -2.33. The maximum atomic E-state index is 11.9. The van der Waals surface area contributed by atoms with Crippen LogP contribution in [0.3, 0.4) is 0 Å². The number of hydrogen-bond acceptors (Lipinski definition) is 6. The van der Waals surface area contributed by atoms with E-state index in [4.69, 9.17) is 21.4 Å². The molecule has 1 aliphatic rings. The van der Waals surface area contributed by atoms with E-state index in [2.05, 4.69) is 9.80 Å². The van der Waals surface area contributed by atoms with Gasteiger partial charge in [0.2, 0.25) is 0 Å². The minimum atomic E-state index is -0.625. The smallest absolute Gasteiger partial charge is 0.348 e. The lowest BCUT2D eigenvalue weighted by Gasteiger charge is -2.37. The number of benzene rings is 1. The number of nitrogens with zero attached hydrogens (tertiary/aromatic N) is 3. The Kier molecular flexibility index (Phi) is 8.34. The lowest BCUT2D eigenvalue weighted by atomic mass is 10.1. The van der Waals surface area contributed by atoms with Crippen molar-refractivity contribution in [3.05, 3.63) is 52.6 Å². The van der Waals surface area contributed by atoms with E-state index < -0.39 is 5.97 Å². The number of hydrogen-bond donors (Lipinski definition) is 1. The van der Waals surface area contributed by atoms with Crippen molar-refractivity contribution in [1.29, 1.82) is 5.26 Å². The maximum Gasteiger partial charge on any atom is 0.348 e. The first-order valence-corrected chi connectivity index (χ1v) is 9.30. The van der Waals surface area contributed by atoms with E-state index in [0.29, 0.717) is 11.6 Å². The number of β-amino-alcohol motifs (C(OH)–C–C–N with tert-alkyl or cyclic N) is 1. The first kappa shape index (κ1) is 21.0. The topological polar surface area (TPSA) is 76.8 Å². The minimum absolute atomic E-state index is 0.0396. The van der Waals surface area contributed by atoms with Crippen LogP contribution in [0.15, 0.2) is 42.0 Å². The van der Waals surface area contributed by atoms with Gasteiger partial charge in [0, 0.05) is 43.4 Å². The number of halogens is 1. The van der Waals surface area contributed by atoms with Gasteiger partial charge in [-0.25, -0.2) is 4.79 Å². The van der Waals surface area contributed by atoms with Crippen LogP contribution in [0.2, 0.25) is 5.02 Å². The highest BCUT2D eigenvalue weighted by molar-refractivity contribution is 6.30. The van der Waals surface area contributed by atoms with Gasteiger partial charge in [-0.3, -0.25) is 4.90 Å². The van der Waals surface area contributed by atoms with Gasteiger partial charge in [0.15, 0.2) is 0 Å². The van der Waals surface area contributed by atoms with Crippen LogP contribution in [-0.4, -0.2) is 66.8 Å². The molecule has 1 saturated heterocycles. The van der Waals surface area contributed by atoms with Gasteiger partial charge in [0.05, 0.1) is 13.2 Å². The molecule has 6 nitrogen and oxygen atoms in total. The first-order valence-electron chi connectivity index (χ1n) is 8.92. The normalized spacial score (nSPS) is 16.1. The summed E-state index contributed by atoms with van der Waals surface area (Å²) in [5.41, 5.74) is 1.82. The SMILES string of the molecule is CCOC(=O)/C(C#N)=C/C=C(/c1ccc(Cl)cc1)N1CCN(CCO)CC1. The van der Waals surface area contributed by atoms with E-state index in [1.165, 1.54) is 6.08 Å². The average Bonchev–Trinajstić information content (AvgIpc) is 2.68. The minimum Gasteiger partial charge on any atom is -0.462 e. The zero-order valence-corrected chi connectivity index (χ0v) is 16.2. The molecule has 0 radical (unpaired) electrons. The van der Waals surface area contributed by atoms with Crippen molar-refractivity contribution in [1.82, 2.24) is 9.80 Å². The molecule has 1 aliphatic heterocycles. The number of carbonyl (C=O) groups is 1. The number of esters is 1. The van der Waals surface area contributed by atoms with Gasteiger partial charge in [-0.1, -0.05) is 23.7 Å². The standard InChI is InChI=1S/C20H24ClN3O3/c1-2-27-20(26)17(15-22)5-8-19(16-3-6-18(21)7-4-16)24-11-9-23(10-12-24)13-14-25/h3-8,25H,2,9-14H2,1H3/b17-5+,19-8-. The van der Waals surface area contributed by atoms with E-state index in [9.17, 15) is 10.1 Å². The molecular weight excluding hydrogens is 366 g/mol. The summed E-state index contributed by atoms with van der Waals surface area (Å²) in [6.45, 7) is 5.96. The molecule has 1 heterocycles. The monoisotopic (exact) mass is 389 g/mol.